The van der Waals surface area contributed by atoms with Gasteiger partial charge in [-0.1, -0.05) is 30.3 Å². The van der Waals surface area contributed by atoms with E-state index >= 15 is 0 Å². The topological polar surface area (TPSA) is 63.6 Å². The SMILES string of the molecule is O=COCC1c2ccccc2-c2ccc(S(=O)O)cc21. The van der Waals surface area contributed by atoms with Crippen LogP contribution in [0, 0.1) is 0 Å². The van der Waals surface area contributed by atoms with Crippen molar-refractivity contribution in [3.8, 4) is 11.1 Å². The zero-order valence-corrected chi connectivity index (χ0v) is 11.3. The van der Waals surface area contributed by atoms with Crippen molar-refractivity contribution in [2.75, 3.05) is 6.61 Å². The van der Waals surface area contributed by atoms with Gasteiger partial charge >= 0.3 is 0 Å². The first-order chi connectivity index (χ1) is 9.72. The fourth-order valence-electron chi connectivity index (χ4n) is 2.71. The highest BCUT2D eigenvalue weighted by molar-refractivity contribution is 7.79. The van der Waals surface area contributed by atoms with Crippen molar-refractivity contribution in [1.29, 1.82) is 0 Å². The molecule has 2 atom stereocenters. The van der Waals surface area contributed by atoms with Crippen molar-refractivity contribution in [1.82, 2.24) is 0 Å². The van der Waals surface area contributed by atoms with Crippen molar-refractivity contribution in [3.05, 3.63) is 53.6 Å². The first-order valence-electron chi connectivity index (χ1n) is 6.11. The van der Waals surface area contributed by atoms with Crippen molar-refractivity contribution < 1.29 is 18.3 Å². The number of carbonyl (C=O) groups excluding carboxylic acids is 1. The number of hydrogen-bond acceptors (Lipinski definition) is 3. The van der Waals surface area contributed by atoms with Gasteiger partial charge in [-0.25, -0.2) is 4.21 Å². The Morgan fingerprint density at radius 2 is 1.90 bits per heavy atom. The Kier molecular flexibility index (Phi) is 3.38. The van der Waals surface area contributed by atoms with E-state index in [-0.39, 0.29) is 12.5 Å². The van der Waals surface area contributed by atoms with Gasteiger partial charge in [-0.2, -0.15) is 0 Å². The lowest BCUT2D eigenvalue weighted by atomic mass is 9.98. The van der Waals surface area contributed by atoms with E-state index in [1.807, 2.05) is 30.3 Å². The number of benzene rings is 2. The van der Waals surface area contributed by atoms with Gasteiger partial charge in [0, 0.05) is 5.92 Å². The normalized spacial score (nSPS) is 17.1. The van der Waals surface area contributed by atoms with Gasteiger partial charge in [0.05, 0.1) is 4.90 Å². The molecule has 5 heteroatoms. The molecule has 0 amide bonds. The molecule has 0 aromatic heterocycles. The molecule has 0 aliphatic heterocycles. The molecule has 20 heavy (non-hydrogen) atoms. The molecule has 2 aromatic rings. The summed E-state index contributed by atoms with van der Waals surface area (Å²) in [5.74, 6) is -0.0881. The molecule has 102 valence electrons. The van der Waals surface area contributed by atoms with Gasteiger partial charge in [0.15, 0.2) is 11.1 Å². The summed E-state index contributed by atoms with van der Waals surface area (Å²) in [6.45, 7) is 0.656. The third-order valence-corrected chi connectivity index (χ3v) is 4.21. The summed E-state index contributed by atoms with van der Waals surface area (Å²) in [6.07, 6.45) is 0. The summed E-state index contributed by atoms with van der Waals surface area (Å²) in [5, 5.41) is 0. The highest BCUT2D eigenvalue weighted by Crippen LogP contribution is 2.45. The second kappa shape index (κ2) is 5.19. The lowest BCUT2D eigenvalue weighted by Gasteiger charge is -2.12. The first kappa shape index (κ1) is 13.0. The second-order valence-corrected chi connectivity index (χ2v) is 5.54. The van der Waals surface area contributed by atoms with Crippen molar-refractivity contribution >= 4 is 17.6 Å². The van der Waals surface area contributed by atoms with Gasteiger partial charge in [-0.3, -0.25) is 4.79 Å². The molecule has 0 radical (unpaired) electrons. The van der Waals surface area contributed by atoms with Gasteiger partial charge in [0.1, 0.15) is 6.61 Å². The molecule has 0 heterocycles. The molecule has 2 unspecified atom stereocenters. The Balaban J connectivity index is 2.14. The third kappa shape index (κ3) is 2.05. The molecule has 3 rings (SSSR count). The molecule has 4 nitrogen and oxygen atoms in total. The predicted octanol–water partition coefficient (Wildman–Crippen LogP) is 2.55. The van der Waals surface area contributed by atoms with Gasteiger partial charge in [0.2, 0.25) is 0 Å². The average Bonchev–Trinajstić information content (AvgIpc) is 2.78. The lowest BCUT2D eigenvalue weighted by molar-refractivity contribution is -0.128. The maximum absolute atomic E-state index is 11.2. The lowest BCUT2D eigenvalue weighted by Crippen LogP contribution is -2.06. The second-order valence-electron chi connectivity index (χ2n) is 4.57. The zero-order chi connectivity index (χ0) is 14.1. The van der Waals surface area contributed by atoms with E-state index in [9.17, 15) is 13.6 Å². The Bertz CT molecular complexity index is 696. The number of hydrogen-bond donors (Lipinski definition) is 1. The highest BCUT2D eigenvalue weighted by atomic mass is 32.2. The number of ether oxygens (including phenoxy) is 1. The van der Waals surface area contributed by atoms with Crippen LogP contribution < -0.4 is 0 Å². The Hall–Kier alpha value is -1.98. The molecule has 0 bridgehead atoms. The largest absolute Gasteiger partial charge is 0.467 e. The molecule has 0 spiro atoms. The third-order valence-electron chi connectivity index (χ3n) is 3.56. The molecule has 0 saturated carbocycles. The average molecular weight is 288 g/mol. The van der Waals surface area contributed by atoms with Crippen LogP contribution in [-0.4, -0.2) is 21.8 Å². The number of fused-ring (bicyclic) bond motifs is 3. The van der Waals surface area contributed by atoms with E-state index in [0.29, 0.717) is 11.4 Å². The first-order valence-corrected chi connectivity index (χ1v) is 7.22. The predicted molar refractivity (Wildman–Crippen MR) is 74.8 cm³/mol. The van der Waals surface area contributed by atoms with E-state index in [1.165, 1.54) is 0 Å². The number of carbonyl (C=O) groups is 1. The smallest absolute Gasteiger partial charge is 0.293 e. The summed E-state index contributed by atoms with van der Waals surface area (Å²) in [6, 6.07) is 13.1. The van der Waals surface area contributed by atoms with Gasteiger partial charge in [-0.15, -0.1) is 0 Å². The maximum atomic E-state index is 11.2. The highest BCUT2D eigenvalue weighted by Gasteiger charge is 2.29. The van der Waals surface area contributed by atoms with Crippen LogP contribution in [0.25, 0.3) is 11.1 Å². The number of rotatable bonds is 4. The van der Waals surface area contributed by atoms with E-state index in [0.717, 1.165) is 22.3 Å². The molecular formula is C15H12O4S. The van der Waals surface area contributed by atoms with Crippen molar-refractivity contribution in [3.63, 3.8) is 0 Å². The molecule has 0 saturated heterocycles. The van der Waals surface area contributed by atoms with E-state index in [4.69, 9.17) is 4.74 Å². The van der Waals surface area contributed by atoms with Crippen molar-refractivity contribution in [2.24, 2.45) is 0 Å². The summed E-state index contributed by atoms with van der Waals surface area (Å²) >= 11 is -2.02. The quantitative estimate of drug-likeness (QED) is 0.693. The van der Waals surface area contributed by atoms with Crippen LogP contribution in [0.4, 0.5) is 0 Å². The van der Waals surface area contributed by atoms with Crippen LogP contribution >= 0.6 is 0 Å². The summed E-state index contributed by atoms with van der Waals surface area (Å²) in [5.41, 5.74) is 4.10. The Morgan fingerprint density at radius 1 is 1.15 bits per heavy atom. The minimum atomic E-state index is -2.02. The van der Waals surface area contributed by atoms with Crippen LogP contribution in [0.1, 0.15) is 17.0 Å². The van der Waals surface area contributed by atoms with E-state index < -0.39 is 11.1 Å². The summed E-state index contributed by atoms with van der Waals surface area (Å²) in [7, 11) is 0. The van der Waals surface area contributed by atoms with Crippen LogP contribution in [-0.2, 0) is 20.6 Å². The molecule has 2 aromatic carbocycles. The monoisotopic (exact) mass is 288 g/mol. The van der Waals surface area contributed by atoms with Crippen LogP contribution in [0.3, 0.4) is 0 Å². The molecule has 1 aliphatic rings. The van der Waals surface area contributed by atoms with Crippen LogP contribution in [0.2, 0.25) is 0 Å². The fourth-order valence-corrected chi connectivity index (χ4v) is 3.12. The Morgan fingerprint density at radius 3 is 2.65 bits per heavy atom. The molecular weight excluding hydrogens is 276 g/mol. The van der Waals surface area contributed by atoms with Gasteiger partial charge in [0.25, 0.3) is 6.47 Å². The Labute approximate surface area is 118 Å². The minimum Gasteiger partial charge on any atom is -0.467 e. The van der Waals surface area contributed by atoms with Crippen LogP contribution in [0.15, 0.2) is 47.4 Å². The fraction of sp³-hybridized carbons (Fsp3) is 0.133. The molecule has 0 fully saturated rings. The zero-order valence-electron chi connectivity index (χ0n) is 10.5. The van der Waals surface area contributed by atoms with Crippen molar-refractivity contribution in [2.45, 2.75) is 10.8 Å². The summed E-state index contributed by atoms with van der Waals surface area (Å²) in [4.78, 5) is 10.8. The maximum Gasteiger partial charge on any atom is 0.293 e. The standard InChI is InChI=1S/C15H12O4S/c16-9-19-8-15-12-4-2-1-3-11(12)13-6-5-10(20(17)18)7-14(13)15/h1-7,9,15H,8H2,(H,17,18). The molecule has 1 aliphatic carbocycles. The van der Waals surface area contributed by atoms with Gasteiger partial charge < -0.3 is 9.29 Å². The van der Waals surface area contributed by atoms with E-state index in [1.54, 1.807) is 12.1 Å². The summed E-state index contributed by atoms with van der Waals surface area (Å²) < 4.78 is 25.3. The minimum absolute atomic E-state index is 0.0881. The van der Waals surface area contributed by atoms with Gasteiger partial charge in [-0.05, 0) is 34.4 Å². The van der Waals surface area contributed by atoms with E-state index in [2.05, 4.69) is 0 Å². The van der Waals surface area contributed by atoms with Crippen LogP contribution in [0.5, 0.6) is 0 Å². The molecule has 1 N–H and O–H groups in total.